The summed E-state index contributed by atoms with van der Waals surface area (Å²) < 4.78 is 1.83. The molecule has 1 N–H and O–H groups in total. The molecule has 3 aliphatic heterocycles. The van der Waals surface area contributed by atoms with Crippen LogP contribution in [0.15, 0.2) is 42.6 Å². The fraction of sp³-hybridized carbons (Fsp3) is 0.593. The van der Waals surface area contributed by atoms with Crippen LogP contribution < -0.4 is 5.32 Å². The van der Waals surface area contributed by atoms with Crippen molar-refractivity contribution >= 4 is 17.5 Å². The summed E-state index contributed by atoms with van der Waals surface area (Å²) in [6.07, 6.45) is 8.82. The largest absolute Gasteiger partial charge is 0.334 e. The second-order valence-corrected chi connectivity index (χ2v) is 10.1. The number of aryl methyl sites for hydroxylation is 1. The lowest BCUT2D eigenvalue weighted by atomic mass is 9.69. The lowest BCUT2D eigenvalue weighted by Crippen LogP contribution is -2.65. The summed E-state index contributed by atoms with van der Waals surface area (Å²) in [7, 11) is 0. The third kappa shape index (κ3) is 4.76. The first-order valence-electron chi connectivity index (χ1n) is 13.1. The van der Waals surface area contributed by atoms with Gasteiger partial charge in [-0.15, -0.1) is 0 Å². The number of rotatable bonds is 7. The zero-order chi connectivity index (χ0) is 23.5. The summed E-state index contributed by atoms with van der Waals surface area (Å²) >= 11 is 0. The van der Waals surface area contributed by atoms with Crippen molar-refractivity contribution in [2.24, 2.45) is 11.8 Å². The molecule has 3 fully saturated rings. The van der Waals surface area contributed by atoms with Crippen molar-refractivity contribution in [2.75, 3.05) is 25.0 Å². The fourth-order valence-corrected chi connectivity index (χ4v) is 6.61. The van der Waals surface area contributed by atoms with Gasteiger partial charge in [0.1, 0.15) is 5.69 Å². The number of benzene rings is 1. The SMILES string of the molecule is CCn1ccc(C(=O)N2C[C@@H]3CCCN4CCC[C@@H]([C@H]34)[C@H]2CCCC(=O)Nc2ccccc2)n1. The number of para-hydroxylation sites is 1. The Balaban J connectivity index is 1.31. The highest BCUT2D eigenvalue weighted by Crippen LogP contribution is 2.43. The van der Waals surface area contributed by atoms with Gasteiger partial charge in [-0.2, -0.15) is 5.10 Å². The third-order valence-corrected chi connectivity index (χ3v) is 8.08. The molecule has 0 radical (unpaired) electrons. The number of hydrogen-bond donors (Lipinski definition) is 1. The highest BCUT2D eigenvalue weighted by atomic mass is 16.2. The van der Waals surface area contributed by atoms with Crippen molar-refractivity contribution in [3.8, 4) is 0 Å². The number of carbonyl (C=O) groups is 2. The molecule has 2 aromatic rings. The Labute approximate surface area is 202 Å². The van der Waals surface area contributed by atoms with Crippen LogP contribution in [0, 0.1) is 11.8 Å². The Morgan fingerprint density at radius 1 is 1.09 bits per heavy atom. The summed E-state index contributed by atoms with van der Waals surface area (Å²) in [5, 5.41) is 7.53. The van der Waals surface area contributed by atoms with Gasteiger partial charge in [0.05, 0.1) is 0 Å². The van der Waals surface area contributed by atoms with E-state index in [0.29, 0.717) is 30.0 Å². The lowest BCUT2D eigenvalue weighted by Gasteiger charge is -2.57. The first kappa shape index (κ1) is 23.1. The standard InChI is InChI=1S/C27H37N5O2/c1-2-31-18-15-23(29-31)27(34)32-19-20-9-7-16-30-17-8-12-22(26(20)30)24(32)13-6-14-25(33)28-21-10-4-3-5-11-21/h3-5,10-11,15,18,20,22,24,26H,2,6-9,12-14,16-17,19H2,1H3,(H,28,33)/t20-,22+,24+,26-/m0/s1. The summed E-state index contributed by atoms with van der Waals surface area (Å²) in [6.45, 7) is 6.00. The molecule has 0 aliphatic carbocycles. The maximum atomic E-state index is 13.7. The van der Waals surface area contributed by atoms with E-state index in [1.807, 2.05) is 54.2 Å². The van der Waals surface area contributed by atoms with E-state index in [0.717, 1.165) is 31.6 Å². The lowest BCUT2D eigenvalue weighted by molar-refractivity contribution is -0.116. The molecule has 4 heterocycles. The van der Waals surface area contributed by atoms with Crippen LogP contribution in [0.4, 0.5) is 5.69 Å². The first-order valence-corrected chi connectivity index (χ1v) is 13.1. The zero-order valence-electron chi connectivity index (χ0n) is 20.2. The summed E-state index contributed by atoms with van der Waals surface area (Å²) in [5.74, 6) is 1.14. The number of amides is 2. The number of carbonyl (C=O) groups excluding carboxylic acids is 2. The van der Waals surface area contributed by atoms with Gasteiger partial charge in [-0.25, -0.2) is 0 Å². The van der Waals surface area contributed by atoms with E-state index >= 15 is 0 Å². The second-order valence-electron chi connectivity index (χ2n) is 10.1. The van der Waals surface area contributed by atoms with E-state index in [1.165, 1.54) is 38.8 Å². The van der Waals surface area contributed by atoms with Gasteiger partial charge in [-0.05, 0) is 88.6 Å². The molecular formula is C27H37N5O2. The predicted molar refractivity (Wildman–Crippen MR) is 132 cm³/mol. The molecule has 2 amide bonds. The number of piperidine rings is 3. The zero-order valence-corrected chi connectivity index (χ0v) is 20.2. The van der Waals surface area contributed by atoms with Gasteiger partial charge in [0.15, 0.2) is 0 Å². The molecule has 34 heavy (non-hydrogen) atoms. The monoisotopic (exact) mass is 463 g/mol. The highest BCUT2D eigenvalue weighted by Gasteiger charge is 2.49. The molecule has 0 bridgehead atoms. The molecule has 0 saturated carbocycles. The Hall–Kier alpha value is -2.67. The van der Waals surface area contributed by atoms with Crippen LogP contribution in [0.3, 0.4) is 0 Å². The third-order valence-electron chi connectivity index (χ3n) is 8.08. The van der Waals surface area contributed by atoms with E-state index in [9.17, 15) is 9.59 Å². The number of aromatic nitrogens is 2. The Kier molecular flexibility index (Phi) is 6.99. The summed E-state index contributed by atoms with van der Waals surface area (Å²) in [4.78, 5) is 31.1. The van der Waals surface area contributed by atoms with Gasteiger partial charge in [0, 0.05) is 43.5 Å². The average Bonchev–Trinajstić information content (AvgIpc) is 3.35. The van der Waals surface area contributed by atoms with Crippen molar-refractivity contribution in [3.63, 3.8) is 0 Å². The van der Waals surface area contributed by atoms with Crippen LogP contribution in [-0.4, -0.2) is 63.1 Å². The Bertz CT molecular complexity index is 988. The average molecular weight is 464 g/mol. The van der Waals surface area contributed by atoms with E-state index in [1.54, 1.807) is 0 Å². The summed E-state index contributed by atoms with van der Waals surface area (Å²) in [6, 6.07) is 12.2. The smallest absolute Gasteiger partial charge is 0.274 e. The molecule has 7 nitrogen and oxygen atoms in total. The van der Waals surface area contributed by atoms with Gasteiger partial charge >= 0.3 is 0 Å². The van der Waals surface area contributed by atoms with Crippen molar-refractivity contribution in [1.82, 2.24) is 19.6 Å². The van der Waals surface area contributed by atoms with Crippen molar-refractivity contribution in [2.45, 2.75) is 70.5 Å². The molecule has 4 atom stereocenters. The van der Waals surface area contributed by atoms with Crippen LogP contribution in [0.25, 0.3) is 0 Å². The van der Waals surface area contributed by atoms with Gasteiger partial charge in [-0.1, -0.05) is 18.2 Å². The molecule has 182 valence electrons. The molecule has 7 heteroatoms. The maximum Gasteiger partial charge on any atom is 0.274 e. The number of nitrogens with one attached hydrogen (secondary N) is 1. The topological polar surface area (TPSA) is 70.5 Å². The number of nitrogens with zero attached hydrogens (tertiary/aromatic N) is 4. The van der Waals surface area contributed by atoms with Crippen LogP contribution >= 0.6 is 0 Å². The molecule has 0 unspecified atom stereocenters. The van der Waals surface area contributed by atoms with E-state index in [-0.39, 0.29) is 17.9 Å². The minimum absolute atomic E-state index is 0.0439. The van der Waals surface area contributed by atoms with Crippen LogP contribution in [-0.2, 0) is 11.3 Å². The molecule has 0 spiro atoms. The quantitative estimate of drug-likeness (QED) is 0.673. The molecule has 1 aromatic carbocycles. The second kappa shape index (κ2) is 10.3. The minimum Gasteiger partial charge on any atom is -0.334 e. The van der Waals surface area contributed by atoms with Crippen molar-refractivity contribution < 1.29 is 9.59 Å². The first-order chi connectivity index (χ1) is 16.6. The normalized spacial score (nSPS) is 26.7. The molecular weight excluding hydrogens is 426 g/mol. The van der Waals surface area contributed by atoms with E-state index in [2.05, 4.69) is 20.2 Å². The maximum absolute atomic E-state index is 13.7. The van der Waals surface area contributed by atoms with Gasteiger partial charge < -0.3 is 10.2 Å². The molecule has 1 aromatic heterocycles. The van der Waals surface area contributed by atoms with Crippen LogP contribution in [0.1, 0.15) is 62.4 Å². The van der Waals surface area contributed by atoms with Crippen molar-refractivity contribution in [1.29, 1.82) is 0 Å². The molecule has 3 saturated heterocycles. The number of anilines is 1. The predicted octanol–water partition coefficient (Wildman–Crippen LogP) is 4.03. The molecule has 3 aliphatic rings. The van der Waals surface area contributed by atoms with Gasteiger partial charge in [0.25, 0.3) is 5.91 Å². The minimum atomic E-state index is 0.0439. The number of hydrogen-bond acceptors (Lipinski definition) is 4. The van der Waals surface area contributed by atoms with Gasteiger partial charge in [0.2, 0.25) is 5.91 Å². The summed E-state index contributed by atoms with van der Waals surface area (Å²) in [5.41, 5.74) is 1.39. The van der Waals surface area contributed by atoms with Crippen molar-refractivity contribution in [3.05, 3.63) is 48.3 Å². The Morgan fingerprint density at radius 3 is 2.65 bits per heavy atom. The highest BCUT2D eigenvalue weighted by molar-refractivity contribution is 5.92. The van der Waals surface area contributed by atoms with Gasteiger partial charge in [-0.3, -0.25) is 19.2 Å². The van der Waals surface area contributed by atoms with E-state index in [4.69, 9.17) is 0 Å². The van der Waals surface area contributed by atoms with E-state index < -0.39 is 0 Å². The Morgan fingerprint density at radius 2 is 1.88 bits per heavy atom. The molecule has 5 rings (SSSR count). The number of likely N-dealkylation sites (tertiary alicyclic amines) is 1. The van der Waals surface area contributed by atoms with Crippen LogP contribution in [0.2, 0.25) is 0 Å². The fourth-order valence-electron chi connectivity index (χ4n) is 6.61. The van der Waals surface area contributed by atoms with Crippen LogP contribution in [0.5, 0.6) is 0 Å².